The molecule has 2 aliphatic carbocycles. The zero-order valence-corrected chi connectivity index (χ0v) is 14.3. The van der Waals surface area contributed by atoms with Crippen molar-refractivity contribution in [1.29, 1.82) is 0 Å². The summed E-state index contributed by atoms with van der Waals surface area (Å²) in [5.74, 6) is 0.679. The second-order valence-electron chi connectivity index (χ2n) is 9.34. The first-order valence-corrected chi connectivity index (χ1v) is 8.50. The summed E-state index contributed by atoms with van der Waals surface area (Å²) in [6.07, 6.45) is 8.96. The highest BCUT2D eigenvalue weighted by Crippen LogP contribution is 2.52. The Morgan fingerprint density at radius 1 is 1.05 bits per heavy atom. The van der Waals surface area contributed by atoms with Crippen molar-refractivity contribution in [2.24, 2.45) is 22.5 Å². The lowest BCUT2D eigenvalue weighted by Gasteiger charge is -2.43. The zero-order chi connectivity index (χ0) is 15.2. The van der Waals surface area contributed by atoms with Crippen molar-refractivity contribution in [1.82, 2.24) is 0 Å². The maximum Gasteiger partial charge on any atom is 0.0698 e. The van der Waals surface area contributed by atoms with E-state index in [-0.39, 0.29) is 16.4 Å². The average molecular weight is 281 g/mol. The van der Waals surface area contributed by atoms with Crippen LogP contribution in [0, 0.1) is 16.7 Å². The maximum absolute atomic E-state index is 10.9. The summed E-state index contributed by atoms with van der Waals surface area (Å²) < 4.78 is 0. The Morgan fingerprint density at radius 3 is 2.05 bits per heavy atom. The number of rotatable bonds is 3. The Kier molecular flexibility index (Phi) is 4.06. The second-order valence-corrected chi connectivity index (χ2v) is 9.34. The zero-order valence-electron chi connectivity index (χ0n) is 14.3. The van der Waals surface area contributed by atoms with Gasteiger partial charge in [-0.15, -0.1) is 0 Å². The normalized spacial score (nSPS) is 34.6. The first-order chi connectivity index (χ1) is 8.99. The van der Waals surface area contributed by atoms with Crippen molar-refractivity contribution < 1.29 is 5.11 Å². The van der Waals surface area contributed by atoms with Crippen LogP contribution >= 0.6 is 0 Å². The van der Waals surface area contributed by atoms with E-state index in [1.807, 2.05) is 0 Å². The third-order valence-electron chi connectivity index (χ3n) is 6.63. The molecule has 0 spiro atoms. The predicted octanol–water partition coefficient (Wildman–Crippen LogP) is 4.25. The number of hydrogen-bond donors (Lipinski definition) is 2. The molecule has 0 aliphatic heterocycles. The third kappa shape index (κ3) is 2.78. The van der Waals surface area contributed by atoms with Crippen LogP contribution in [0.1, 0.15) is 86.0 Å². The van der Waals surface area contributed by atoms with E-state index in [1.165, 1.54) is 19.3 Å². The molecule has 2 unspecified atom stereocenters. The van der Waals surface area contributed by atoms with Gasteiger partial charge in [-0.3, -0.25) is 0 Å². The lowest BCUT2D eigenvalue weighted by molar-refractivity contribution is -0.0727. The molecule has 2 heteroatoms. The molecule has 2 nitrogen and oxygen atoms in total. The van der Waals surface area contributed by atoms with Crippen molar-refractivity contribution in [3.63, 3.8) is 0 Å². The van der Waals surface area contributed by atoms with Crippen LogP contribution in [-0.4, -0.2) is 16.2 Å². The van der Waals surface area contributed by atoms with Crippen molar-refractivity contribution in [3.05, 3.63) is 0 Å². The van der Waals surface area contributed by atoms with Gasteiger partial charge in [0.25, 0.3) is 0 Å². The minimum absolute atomic E-state index is 0.0218. The highest BCUT2D eigenvalue weighted by atomic mass is 16.3. The Balaban J connectivity index is 2.01. The molecule has 3 N–H and O–H groups in total. The van der Waals surface area contributed by atoms with E-state index in [9.17, 15) is 5.11 Å². The Bertz CT molecular complexity index is 349. The third-order valence-corrected chi connectivity index (χ3v) is 6.63. The first kappa shape index (κ1) is 16.3. The molecule has 0 radical (unpaired) electrons. The van der Waals surface area contributed by atoms with Crippen molar-refractivity contribution >= 4 is 0 Å². The molecule has 2 atom stereocenters. The van der Waals surface area contributed by atoms with E-state index in [4.69, 9.17) is 5.73 Å². The van der Waals surface area contributed by atoms with Crippen LogP contribution in [0.4, 0.5) is 0 Å². The predicted molar refractivity (Wildman–Crippen MR) is 85.5 cm³/mol. The largest absolute Gasteiger partial charge is 0.389 e. The quantitative estimate of drug-likeness (QED) is 0.812. The van der Waals surface area contributed by atoms with Gasteiger partial charge >= 0.3 is 0 Å². The van der Waals surface area contributed by atoms with E-state index in [0.717, 1.165) is 32.1 Å². The van der Waals surface area contributed by atoms with Crippen molar-refractivity contribution in [2.75, 3.05) is 0 Å². The van der Waals surface area contributed by atoms with Gasteiger partial charge in [0.05, 0.1) is 5.60 Å². The summed E-state index contributed by atoms with van der Waals surface area (Å²) in [6, 6.07) is 0. The summed E-state index contributed by atoms with van der Waals surface area (Å²) >= 11 is 0. The highest BCUT2D eigenvalue weighted by Gasteiger charge is 2.50. The standard InChI is InChI=1S/C18H35NO/c1-15(2,3)17(19)11-8-14(13-17)12-16(4,5)18(20)9-6-7-10-18/h14,20H,6-13,19H2,1-5H3. The summed E-state index contributed by atoms with van der Waals surface area (Å²) in [6.45, 7) is 11.3. The number of nitrogens with two attached hydrogens (primary N) is 1. The molecule has 20 heavy (non-hydrogen) atoms. The van der Waals surface area contributed by atoms with Gasteiger partial charge in [-0.2, -0.15) is 0 Å². The van der Waals surface area contributed by atoms with Crippen LogP contribution in [0.15, 0.2) is 0 Å². The van der Waals surface area contributed by atoms with E-state index in [2.05, 4.69) is 34.6 Å². The van der Waals surface area contributed by atoms with Crippen molar-refractivity contribution in [2.45, 2.75) is 97.1 Å². The smallest absolute Gasteiger partial charge is 0.0698 e. The Labute approximate surface area is 125 Å². The molecule has 118 valence electrons. The summed E-state index contributed by atoms with van der Waals surface area (Å²) in [5.41, 5.74) is 6.41. The molecule has 2 fully saturated rings. The van der Waals surface area contributed by atoms with Gasteiger partial charge in [-0.05, 0) is 55.3 Å². The highest BCUT2D eigenvalue weighted by molar-refractivity contribution is 5.04. The monoisotopic (exact) mass is 281 g/mol. The maximum atomic E-state index is 10.9. The first-order valence-electron chi connectivity index (χ1n) is 8.50. The number of aliphatic hydroxyl groups is 1. The molecule has 0 aromatic carbocycles. The van der Waals surface area contributed by atoms with Gasteiger partial charge in [0.2, 0.25) is 0 Å². The van der Waals surface area contributed by atoms with Crippen LogP contribution in [0.5, 0.6) is 0 Å². The summed E-state index contributed by atoms with van der Waals surface area (Å²) in [4.78, 5) is 0. The van der Waals surface area contributed by atoms with Gasteiger partial charge in [-0.1, -0.05) is 47.5 Å². The van der Waals surface area contributed by atoms with Gasteiger partial charge in [0.1, 0.15) is 0 Å². The number of hydrogen-bond acceptors (Lipinski definition) is 2. The molecule has 0 saturated heterocycles. The molecule has 2 rings (SSSR count). The fourth-order valence-electron chi connectivity index (χ4n) is 4.58. The average Bonchev–Trinajstić information content (AvgIpc) is 2.86. The second kappa shape index (κ2) is 4.98. The van der Waals surface area contributed by atoms with E-state index < -0.39 is 5.60 Å². The SMILES string of the molecule is CC(C)(C)C1(N)CCC(CC(C)(C)C2(O)CCCC2)C1. The summed E-state index contributed by atoms with van der Waals surface area (Å²) in [7, 11) is 0. The molecule has 0 aromatic rings. The van der Waals surface area contributed by atoms with E-state index in [1.54, 1.807) is 0 Å². The molecule has 0 aromatic heterocycles. The minimum atomic E-state index is -0.436. The molecule has 2 aliphatic rings. The van der Waals surface area contributed by atoms with Gasteiger partial charge < -0.3 is 10.8 Å². The molecule has 0 heterocycles. The van der Waals surface area contributed by atoms with Crippen LogP contribution in [0.25, 0.3) is 0 Å². The Hall–Kier alpha value is -0.0800. The van der Waals surface area contributed by atoms with Crippen molar-refractivity contribution in [3.8, 4) is 0 Å². The fraction of sp³-hybridized carbons (Fsp3) is 1.00. The molecular weight excluding hydrogens is 246 g/mol. The van der Waals surface area contributed by atoms with Gasteiger partial charge in [0.15, 0.2) is 0 Å². The lowest BCUT2D eigenvalue weighted by atomic mass is 9.67. The fourth-order valence-corrected chi connectivity index (χ4v) is 4.58. The van der Waals surface area contributed by atoms with E-state index in [0.29, 0.717) is 5.92 Å². The molecular formula is C18H35NO. The lowest BCUT2D eigenvalue weighted by Crippen LogP contribution is -2.49. The van der Waals surface area contributed by atoms with Crippen LogP contribution in [0.3, 0.4) is 0 Å². The van der Waals surface area contributed by atoms with Gasteiger partial charge in [-0.25, -0.2) is 0 Å². The summed E-state index contributed by atoms with van der Waals surface area (Å²) in [5, 5.41) is 10.9. The molecule has 0 amide bonds. The topological polar surface area (TPSA) is 46.2 Å². The van der Waals surface area contributed by atoms with Crippen LogP contribution < -0.4 is 5.73 Å². The molecule has 0 bridgehead atoms. The van der Waals surface area contributed by atoms with Gasteiger partial charge in [0, 0.05) is 5.54 Å². The molecule has 2 saturated carbocycles. The Morgan fingerprint density at radius 2 is 1.60 bits per heavy atom. The van der Waals surface area contributed by atoms with E-state index >= 15 is 0 Å². The minimum Gasteiger partial charge on any atom is -0.389 e. The van der Waals surface area contributed by atoms with Crippen LogP contribution in [-0.2, 0) is 0 Å². The van der Waals surface area contributed by atoms with Crippen LogP contribution in [0.2, 0.25) is 0 Å².